The summed E-state index contributed by atoms with van der Waals surface area (Å²) >= 11 is 0. The number of imidazole rings is 1. The van der Waals surface area contributed by atoms with Gasteiger partial charge in [0.2, 0.25) is 0 Å². The highest BCUT2D eigenvalue weighted by Crippen LogP contribution is 2.27. The number of nitriles is 1. The van der Waals surface area contributed by atoms with E-state index in [9.17, 15) is 4.79 Å². The molecule has 2 aromatic heterocycles. The van der Waals surface area contributed by atoms with Crippen LogP contribution < -0.4 is 0 Å². The Balaban J connectivity index is 1.49. The lowest BCUT2D eigenvalue weighted by molar-refractivity contribution is 0.0703. The van der Waals surface area contributed by atoms with Gasteiger partial charge in [0.1, 0.15) is 17.6 Å². The van der Waals surface area contributed by atoms with E-state index in [-0.39, 0.29) is 11.8 Å². The first-order chi connectivity index (χ1) is 13.7. The summed E-state index contributed by atoms with van der Waals surface area (Å²) in [4.78, 5) is 23.4. The van der Waals surface area contributed by atoms with Crippen LogP contribution in [0.5, 0.6) is 0 Å². The van der Waals surface area contributed by atoms with Gasteiger partial charge in [-0.25, -0.2) is 9.97 Å². The lowest BCUT2D eigenvalue weighted by atomic mass is 9.96. The maximum absolute atomic E-state index is 12.9. The topological polar surface area (TPSA) is 74.8 Å². The van der Waals surface area contributed by atoms with Crippen molar-refractivity contribution in [3.8, 4) is 6.07 Å². The molecule has 1 amide bonds. The minimum Gasteiger partial charge on any atom is -0.338 e. The average molecular weight is 371 g/mol. The summed E-state index contributed by atoms with van der Waals surface area (Å²) in [5, 5.41) is 8.87. The first-order valence-electron chi connectivity index (χ1n) is 9.45. The molecule has 6 heteroatoms. The predicted octanol–water partition coefficient (Wildman–Crippen LogP) is 3.22. The second-order valence-corrected chi connectivity index (χ2v) is 7.03. The Hall–Kier alpha value is -3.46. The van der Waals surface area contributed by atoms with Crippen molar-refractivity contribution >= 4 is 5.91 Å². The van der Waals surface area contributed by atoms with Gasteiger partial charge in [0, 0.05) is 44.1 Å². The molecular weight excluding hydrogens is 350 g/mol. The van der Waals surface area contributed by atoms with Crippen molar-refractivity contribution in [3.05, 3.63) is 83.7 Å². The van der Waals surface area contributed by atoms with E-state index in [1.54, 1.807) is 12.1 Å². The molecule has 6 nitrogen and oxygen atoms in total. The van der Waals surface area contributed by atoms with Gasteiger partial charge < -0.3 is 9.47 Å². The van der Waals surface area contributed by atoms with E-state index >= 15 is 0 Å². The average Bonchev–Trinajstić information content (AvgIpc) is 3.22. The van der Waals surface area contributed by atoms with E-state index < -0.39 is 0 Å². The highest BCUT2D eigenvalue weighted by molar-refractivity contribution is 5.94. The van der Waals surface area contributed by atoms with Crippen LogP contribution in [0.3, 0.4) is 0 Å². The van der Waals surface area contributed by atoms with Crippen LogP contribution in [0.25, 0.3) is 0 Å². The Bertz CT molecular complexity index is 988. The maximum atomic E-state index is 12.9. The summed E-state index contributed by atoms with van der Waals surface area (Å²) in [6.07, 6.45) is 7.29. The highest BCUT2D eigenvalue weighted by atomic mass is 16.2. The van der Waals surface area contributed by atoms with Crippen LogP contribution in [0.2, 0.25) is 0 Å². The standard InChI is InChI=1S/C22H21N5O/c23-13-20-9-8-18(14-25-20)22(28)27-11-4-7-19(16-27)21-24-10-12-26(21)15-17-5-2-1-3-6-17/h1-3,5-6,8-10,12,14,19H,4,7,11,15-16H2/t19-/m1/s1. The number of carbonyl (C=O) groups excluding carboxylic acids is 1. The SMILES string of the molecule is N#Cc1ccc(C(=O)N2CCC[C@@H](c3nccn3Cc3ccccc3)C2)cn1. The zero-order valence-electron chi connectivity index (χ0n) is 15.5. The molecule has 140 valence electrons. The lowest BCUT2D eigenvalue weighted by Gasteiger charge is -2.32. The molecule has 1 aliphatic heterocycles. The summed E-state index contributed by atoms with van der Waals surface area (Å²) in [6, 6.07) is 15.6. The number of aromatic nitrogens is 3. The van der Waals surface area contributed by atoms with Gasteiger partial charge in [0.05, 0.1) is 5.56 Å². The third kappa shape index (κ3) is 3.79. The number of carbonyl (C=O) groups is 1. The van der Waals surface area contributed by atoms with Gasteiger partial charge in [-0.2, -0.15) is 5.26 Å². The predicted molar refractivity (Wildman–Crippen MR) is 105 cm³/mol. The highest BCUT2D eigenvalue weighted by Gasteiger charge is 2.28. The number of nitrogens with zero attached hydrogens (tertiary/aromatic N) is 5. The molecule has 4 rings (SSSR count). The summed E-state index contributed by atoms with van der Waals surface area (Å²) in [5.74, 6) is 1.20. The first-order valence-corrected chi connectivity index (χ1v) is 9.45. The van der Waals surface area contributed by atoms with Crippen molar-refractivity contribution in [2.45, 2.75) is 25.3 Å². The number of rotatable bonds is 4. The normalized spacial score (nSPS) is 16.5. The quantitative estimate of drug-likeness (QED) is 0.706. The fourth-order valence-electron chi connectivity index (χ4n) is 3.74. The minimum atomic E-state index is -0.0390. The van der Waals surface area contributed by atoms with Crippen LogP contribution in [0.4, 0.5) is 0 Å². The van der Waals surface area contributed by atoms with Crippen molar-refractivity contribution in [3.63, 3.8) is 0 Å². The second-order valence-electron chi connectivity index (χ2n) is 7.03. The summed E-state index contributed by atoms with van der Waals surface area (Å²) in [7, 11) is 0. The third-order valence-corrected chi connectivity index (χ3v) is 5.14. The molecule has 0 aliphatic carbocycles. The van der Waals surface area contributed by atoms with Crippen molar-refractivity contribution < 1.29 is 4.79 Å². The van der Waals surface area contributed by atoms with Gasteiger partial charge in [-0.15, -0.1) is 0 Å². The number of likely N-dealkylation sites (tertiary alicyclic amines) is 1. The molecule has 1 atom stereocenters. The van der Waals surface area contributed by atoms with Crippen LogP contribution in [0.15, 0.2) is 61.1 Å². The first kappa shape index (κ1) is 17.9. The smallest absolute Gasteiger partial charge is 0.255 e. The molecule has 3 heterocycles. The van der Waals surface area contributed by atoms with Crippen LogP contribution in [-0.4, -0.2) is 38.4 Å². The number of hydrogen-bond acceptors (Lipinski definition) is 4. The molecule has 0 bridgehead atoms. The van der Waals surface area contributed by atoms with Gasteiger partial charge >= 0.3 is 0 Å². The minimum absolute atomic E-state index is 0.0390. The summed E-state index contributed by atoms with van der Waals surface area (Å²) in [6.45, 7) is 2.15. The van der Waals surface area contributed by atoms with Crippen molar-refractivity contribution in [1.29, 1.82) is 5.26 Å². The van der Waals surface area contributed by atoms with Crippen molar-refractivity contribution in [2.24, 2.45) is 0 Å². The molecular formula is C22H21N5O. The number of piperidine rings is 1. The Labute approximate surface area is 164 Å². The molecule has 0 radical (unpaired) electrons. The monoisotopic (exact) mass is 371 g/mol. The molecule has 1 aromatic carbocycles. The molecule has 3 aromatic rings. The number of hydrogen-bond donors (Lipinski definition) is 0. The van der Waals surface area contributed by atoms with Crippen LogP contribution in [0, 0.1) is 11.3 Å². The fraction of sp³-hybridized carbons (Fsp3) is 0.273. The van der Waals surface area contributed by atoms with E-state index in [0.29, 0.717) is 17.8 Å². The van der Waals surface area contributed by atoms with Gasteiger partial charge in [-0.1, -0.05) is 30.3 Å². The van der Waals surface area contributed by atoms with E-state index in [0.717, 1.165) is 31.8 Å². The number of benzene rings is 1. The number of amides is 1. The number of pyridine rings is 1. The largest absolute Gasteiger partial charge is 0.338 e. The third-order valence-electron chi connectivity index (χ3n) is 5.14. The summed E-state index contributed by atoms with van der Waals surface area (Å²) < 4.78 is 2.18. The molecule has 1 fully saturated rings. The Kier molecular flexibility index (Phi) is 5.16. The van der Waals surface area contributed by atoms with E-state index in [4.69, 9.17) is 5.26 Å². The van der Waals surface area contributed by atoms with E-state index in [2.05, 4.69) is 26.7 Å². The maximum Gasteiger partial charge on any atom is 0.255 e. The van der Waals surface area contributed by atoms with Crippen molar-refractivity contribution in [1.82, 2.24) is 19.4 Å². The van der Waals surface area contributed by atoms with E-state index in [1.165, 1.54) is 11.8 Å². The molecule has 28 heavy (non-hydrogen) atoms. The van der Waals surface area contributed by atoms with Crippen molar-refractivity contribution in [2.75, 3.05) is 13.1 Å². The molecule has 0 spiro atoms. The molecule has 0 unspecified atom stereocenters. The Morgan fingerprint density at radius 2 is 2.04 bits per heavy atom. The van der Waals surface area contributed by atoms with Gasteiger partial charge in [-0.3, -0.25) is 4.79 Å². The van der Waals surface area contributed by atoms with Crippen LogP contribution in [-0.2, 0) is 6.54 Å². The zero-order valence-corrected chi connectivity index (χ0v) is 15.5. The Morgan fingerprint density at radius 3 is 2.79 bits per heavy atom. The second kappa shape index (κ2) is 8.05. The molecule has 0 saturated carbocycles. The lowest BCUT2D eigenvalue weighted by Crippen LogP contribution is -2.39. The van der Waals surface area contributed by atoms with Gasteiger partial charge in [-0.05, 0) is 30.5 Å². The molecule has 1 saturated heterocycles. The molecule has 1 aliphatic rings. The van der Waals surface area contributed by atoms with Crippen LogP contribution >= 0.6 is 0 Å². The molecule has 0 N–H and O–H groups in total. The van der Waals surface area contributed by atoms with Gasteiger partial charge in [0.15, 0.2) is 0 Å². The Morgan fingerprint density at radius 1 is 1.18 bits per heavy atom. The summed E-state index contributed by atoms with van der Waals surface area (Å²) in [5.41, 5.74) is 2.07. The van der Waals surface area contributed by atoms with Crippen LogP contribution in [0.1, 0.15) is 46.2 Å². The van der Waals surface area contributed by atoms with Gasteiger partial charge in [0.25, 0.3) is 5.91 Å². The fourth-order valence-corrected chi connectivity index (χ4v) is 3.74. The van der Waals surface area contributed by atoms with E-state index in [1.807, 2.05) is 41.6 Å². The zero-order chi connectivity index (χ0) is 19.3.